The fourth-order valence-corrected chi connectivity index (χ4v) is 0.913. The minimum Gasteiger partial charge on any atom is -0.506 e. The molecule has 0 aliphatic heterocycles. The quantitative estimate of drug-likeness (QED) is 0.542. The van der Waals surface area contributed by atoms with Crippen molar-refractivity contribution < 1.29 is 9.50 Å². The van der Waals surface area contributed by atoms with Crippen LogP contribution in [0.4, 0.5) is 10.1 Å². The van der Waals surface area contributed by atoms with E-state index in [1.54, 1.807) is 0 Å². The van der Waals surface area contributed by atoms with Crippen LogP contribution in [0.3, 0.4) is 0 Å². The Hall–Kier alpha value is -0.480. The number of phenols is 1. The Bertz CT molecular complexity index is 219. The van der Waals surface area contributed by atoms with Gasteiger partial charge in [0.05, 0.1) is 10.2 Å². The maximum atomic E-state index is 12.5. The highest BCUT2D eigenvalue weighted by molar-refractivity contribution is 9.10. The van der Waals surface area contributed by atoms with Gasteiger partial charge in [-0.2, -0.15) is 0 Å². The maximum Gasteiger partial charge on any atom is 0.141 e. The van der Waals surface area contributed by atoms with Crippen molar-refractivity contribution in [2.75, 3.05) is 5.73 Å². The number of halogens is 3. The third-order valence-corrected chi connectivity index (χ3v) is 1.68. The number of nitrogen functional groups attached to an aromatic ring is 1. The monoisotopic (exact) mass is 241 g/mol. The van der Waals surface area contributed by atoms with Crippen molar-refractivity contribution in [1.29, 1.82) is 0 Å². The highest BCUT2D eigenvalue weighted by atomic mass is 79.9. The van der Waals surface area contributed by atoms with Crippen LogP contribution in [0, 0.1) is 5.82 Å². The van der Waals surface area contributed by atoms with E-state index in [1.807, 2.05) is 0 Å². The number of hydrogen-bond donors (Lipinski definition) is 2. The molecule has 3 N–H and O–H groups in total. The first-order chi connectivity index (χ1) is 4.61. The van der Waals surface area contributed by atoms with E-state index in [0.29, 0.717) is 0 Å². The van der Waals surface area contributed by atoms with Crippen molar-refractivity contribution in [3.8, 4) is 5.75 Å². The van der Waals surface area contributed by atoms with E-state index in [2.05, 4.69) is 15.9 Å². The summed E-state index contributed by atoms with van der Waals surface area (Å²) in [5.41, 5.74) is 5.40. The third-order valence-electron chi connectivity index (χ3n) is 1.07. The first kappa shape index (κ1) is 10.5. The number of rotatable bonds is 0. The van der Waals surface area contributed by atoms with E-state index < -0.39 is 5.82 Å². The molecule has 0 amide bonds. The lowest BCUT2D eigenvalue weighted by Gasteiger charge is -1.98. The molecule has 0 aliphatic rings. The molecule has 0 heterocycles. The first-order valence-electron chi connectivity index (χ1n) is 2.54. The molecule has 5 heteroatoms. The van der Waals surface area contributed by atoms with Gasteiger partial charge in [0.1, 0.15) is 11.6 Å². The van der Waals surface area contributed by atoms with E-state index in [9.17, 15) is 4.39 Å². The normalized spacial score (nSPS) is 8.91. The Morgan fingerprint density at radius 2 is 2.00 bits per heavy atom. The second-order valence-corrected chi connectivity index (χ2v) is 2.68. The lowest BCUT2D eigenvalue weighted by atomic mass is 10.3. The van der Waals surface area contributed by atoms with Gasteiger partial charge >= 0.3 is 0 Å². The zero-order valence-corrected chi connectivity index (χ0v) is 7.75. The summed E-state index contributed by atoms with van der Waals surface area (Å²) in [5.74, 6) is -0.757. The predicted octanol–water partition coefficient (Wildman–Crippen LogP) is 2.30. The van der Waals surface area contributed by atoms with Crippen LogP contribution < -0.4 is 5.73 Å². The molecular formula is C6H6BrClFNO. The molecule has 0 unspecified atom stereocenters. The Labute approximate surface area is 77.8 Å². The molecular weight excluding hydrogens is 236 g/mol. The van der Waals surface area contributed by atoms with Crippen molar-refractivity contribution in [1.82, 2.24) is 0 Å². The predicted molar refractivity (Wildman–Crippen MR) is 47.4 cm³/mol. The van der Waals surface area contributed by atoms with Gasteiger partial charge in [0.15, 0.2) is 0 Å². The molecule has 0 atom stereocenters. The highest BCUT2D eigenvalue weighted by Crippen LogP contribution is 2.26. The zero-order chi connectivity index (χ0) is 7.72. The van der Waals surface area contributed by atoms with Gasteiger partial charge in [0, 0.05) is 6.07 Å². The molecule has 0 bridgehead atoms. The molecule has 0 saturated carbocycles. The second kappa shape index (κ2) is 3.78. The third kappa shape index (κ3) is 2.24. The zero-order valence-electron chi connectivity index (χ0n) is 5.34. The fourth-order valence-electron chi connectivity index (χ4n) is 0.552. The molecule has 0 aromatic heterocycles. The number of aromatic hydroxyl groups is 1. The summed E-state index contributed by atoms with van der Waals surface area (Å²) >= 11 is 2.91. The van der Waals surface area contributed by atoms with Crippen molar-refractivity contribution >= 4 is 34.0 Å². The summed E-state index contributed by atoms with van der Waals surface area (Å²) in [6.07, 6.45) is 0. The van der Waals surface area contributed by atoms with E-state index in [4.69, 9.17) is 10.8 Å². The van der Waals surface area contributed by atoms with Gasteiger partial charge in [-0.3, -0.25) is 0 Å². The summed E-state index contributed by atoms with van der Waals surface area (Å²) in [4.78, 5) is 0. The van der Waals surface area contributed by atoms with Crippen molar-refractivity contribution in [3.05, 3.63) is 22.4 Å². The number of benzene rings is 1. The van der Waals surface area contributed by atoms with Crippen molar-refractivity contribution in [2.24, 2.45) is 0 Å². The summed E-state index contributed by atoms with van der Waals surface area (Å²) in [6.45, 7) is 0. The molecule has 2 nitrogen and oxygen atoms in total. The second-order valence-electron chi connectivity index (χ2n) is 1.83. The number of nitrogens with two attached hydrogens (primary N) is 1. The SMILES string of the molecule is Cl.Nc1cc(Br)c(F)cc1O. The Morgan fingerprint density at radius 3 is 2.45 bits per heavy atom. The lowest BCUT2D eigenvalue weighted by molar-refractivity contribution is 0.471. The molecule has 0 saturated heterocycles. The van der Waals surface area contributed by atoms with Crippen LogP contribution in [-0.2, 0) is 0 Å². The standard InChI is InChI=1S/C6H5BrFNO.ClH/c7-3-1-5(9)6(10)2-4(3)8;/h1-2,10H,9H2;1H. The van der Waals surface area contributed by atoms with E-state index >= 15 is 0 Å². The summed E-state index contributed by atoms with van der Waals surface area (Å²) in [5, 5.41) is 8.84. The lowest BCUT2D eigenvalue weighted by Crippen LogP contribution is -1.87. The number of phenolic OH excluding ortho intramolecular Hbond substituents is 1. The average Bonchev–Trinajstić information content (AvgIpc) is 1.84. The summed E-state index contributed by atoms with van der Waals surface area (Å²) in [6, 6.07) is 2.27. The molecule has 1 rings (SSSR count). The van der Waals surface area contributed by atoms with Gasteiger partial charge in [-0.05, 0) is 22.0 Å². The first-order valence-corrected chi connectivity index (χ1v) is 3.34. The molecule has 0 radical (unpaired) electrons. The van der Waals surface area contributed by atoms with Crippen LogP contribution in [0.2, 0.25) is 0 Å². The van der Waals surface area contributed by atoms with Gasteiger partial charge in [0.2, 0.25) is 0 Å². The minimum absolute atomic E-state index is 0. The van der Waals surface area contributed by atoms with E-state index in [0.717, 1.165) is 6.07 Å². The largest absolute Gasteiger partial charge is 0.506 e. The van der Waals surface area contributed by atoms with Crippen LogP contribution >= 0.6 is 28.3 Å². The smallest absolute Gasteiger partial charge is 0.141 e. The van der Waals surface area contributed by atoms with Crippen molar-refractivity contribution in [2.45, 2.75) is 0 Å². The molecule has 11 heavy (non-hydrogen) atoms. The van der Waals surface area contributed by atoms with Crippen molar-refractivity contribution in [3.63, 3.8) is 0 Å². The van der Waals surface area contributed by atoms with Gasteiger partial charge in [-0.25, -0.2) is 4.39 Å². The molecule has 0 fully saturated rings. The molecule has 62 valence electrons. The van der Waals surface area contributed by atoms with Crippen LogP contribution in [-0.4, -0.2) is 5.11 Å². The molecule has 1 aromatic rings. The minimum atomic E-state index is -0.522. The molecule has 0 spiro atoms. The maximum absolute atomic E-state index is 12.5. The Kier molecular flexibility index (Phi) is 3.62. The highest BCUT2D eigenvalue weighted by Gasteiger charge is 2.02. The van der Waals surface area contributed by atoms with Gasteiger partial charge in [0.25, 0.3) is 0 Å². The van der Waals surface area contributed by atoms with Crippen LogP contribution in [0.1, 0.15) is 0 Å². The fraction of sp³-hybridized carbons (Fsp3) is 0. The Morgan fingerprint density at radius 1 is 1.45 bits per heavy atom. The number of anilines is 1. The van der Waals surface area contributed by atoms with E-state index in [1.165, 1.54) is 6.07 Å². The van der Waals surface area contributed by atoms with Crippen LogP contribution in [0.25, 0.3) is 0 Å². The molecule has 1 aromatic carbocycles. The molecule has 0 aliphatic carbocycles. The van der Waals surface area contributed by atoms with Crippen LogP contribution in [0.5, 0.6) is 5.75 Å². The van der Waals surface area contributed by atoms with Gasteiger partial charge < -0.3 is 10.8 Å². The summed E-state index contributed by atoms with van der Waals surface area (Å²) < 4.78 is 12.7. The summed E-state index contributed by atoms with van der Waals surface area (Å²) in [7, 11) is 0. The average molecular weight is 242 g/mol. The number of hydrogen-bond acceptors (Lipinski definition) is 2. The van der Waals surface area contributed by atoms with Gasteiger partial charge in [-0.15, -0.1) is 12.4 Å². The Balaban J connectivity index is 0.000001000. The van der Waals surface area contributed by atoms with E-state index in [-0.39, 0.29) is 28.3 Å². The van der Waals surface area contributed by atoms with Gasteiger partial charge in [-0.1, -0.05) is 0 Å². The van der Waals surface area contributed by atoms with Crippen LogP contribution in [0.15, 0.2) is 16.6 Å². The topological polar surface area (TPSA) is 46.2 Å².